The van der Waals surface area contributed by atoms with Gasteiger partial charge in [0.05, 0.1) is 12.7 Å². The van der Waals surface area contributed by atoms with Crippen molar-refractivity contribution in [1.29, 1.82) is 0 Å². The van der Waals surface area contributed by atoms with Crippen LogP contribution in [-0.2, 0) is 19.0 Å². The first-order valence-electron chi connectivity index (χ1n) is 16.0. The molecule has 4 nitrogen and oxygen atoms in total. The second-order valence-corrected chi connectivity index (χ2v) is 14.7. The molecule has 0 amide bonds. The molecule has 0 bridgehead atoms. The topological polar surface area (TPSA) is 44.8 Å². The lowest BCUT2D eigenvalue weighted by atomic mass is 9.47. The summed E-state index contributed by atoms with van der Waals surface area (Å²) in [6.07, 6.45) is 13.0. The minimum atomic E-state index is -0.402. The number of fused-ring (bicyclic) bond motifs is 7. The molecule has 3 saturated carbocycles. The Kier molecular flexibility index (Phi) is 6.52. The summed E-state index contributed by atoms with van der Waals surface area (Å²) in [5.41, 5.74) is 2.93. The Morgan fingerprint density at radius 1 is 1.02 bits per heavy atom. The van der Waals surface area contributed by atoms with E-state index < -0.39 is 5.97 Å². The highest BCUT2D eigenvalue weighted by molar-refractivity contribution is 5.89. The van der Waals surface area contributed by atoms with Gasteiger partial charge in [0.15, 0.2) is 5.79 Å². The number of ether oxygens (including phenoxy) is 3. The van der Waals surface area contributed by atoms with E-state index in [1.165, 1.54) is 31.3 Å². The van der Waals surface area contributed by atoms with Crippen molar-refractivity contribution in [2.75, 3.05) is 6.61 Å². The summed E-state index contributed by atoms with van der Waals surface area (Å²) >= 11 is 0. The number of hydrogen-bond acceptors (Lipinski definition) is 4. The van der Waals surface area contributed by atoms with Crippen LogP contribution in [0.15, 0.2) is 42.0 Å². The second kappa shape index (κ2) is 9.74. The number of hydrogen-bond donors (Lipinski definition) is 0. The van der Waals surface area contributed by atoms with Gasteiger partial charge in [0.2, 0.25) is 0 Å². The molecule has 6 aliphatic rings. The first-order chi connectivity index (χ1) is 19.2. The second-order valence-electron chi connectivity index (χ2n) is 14.7. The zero-order valence-electron chi connectivity index (χ0n) is 24.8. The van der Waals surface area contributed by atoms with Gasteiger partial charge < -0.3 is 14.2 Å². The largest absolute Gasteiger partial charge is 0.452 e. The normalized spacial score (nSPS) is 47.1. The lowest BCUT2D eigenvalue weighted by Gasteiger charge is -2.58. The summed E-state index contributed by atoms with van der Waals surface area (Å²) in [4.78, 5) is 12.5. The first-order valence-corrected chi connectivity index (χ1v) is 16.0. The first kappa shape index (κ1) is 26.8. The van der Waals surface area contributed by atoms with Crippen LogP contribution in [-0.4, -0.2) is 30.6 Å². The predicted molar refractivity (Wildman–Crippen MR) is 155 cm³/mol. The Morgan fingerprint density at radius 3 is 2.62 bits per heavy atom. The number of carbonyl (C=O) groups excluding carboxylic acids is 1. The highest BCUT2D eigenvalue weighted by Gasteiger charge is 2.68. The quantitative estimate of drug-likeness (QED) is 0.212. The molecule has 1 aromatic rings. The van der Waals surface area contributed by atoms with Crippen LogP contribution in [0, 0.1) is 58.2 Å². The Hall–Kier alpha value is -2.09. The van der Waals surface area contributed by atoms with Crippen LogP contribution in [0.1, 0.15) is 91.0 Å². The molecule has 4 heteroatoms. The summed E-state index contributed by atoms with van der Waals surface area (Å²) in [5.74, 6) is 8.80. The van der Waals surface area contributed by atoms with Crippen molar-refractivity contribution in [2.45, 2.75) is 103 Å². The van der Waals surface area contributed by atoms with E-state index in [1.807, 2.05) is 30.3 Å². The highest BCUT2D eigenvalue weighted by Crippen LogP contribution is 2.70. The maximum Gasteiger partial charge on any atom is 0.384 e. The molecule has 1 spiro atoms. The summed E-state index contributed by atoms with van der Waals surface area (Å²) in [6.45, 7) is 10.7. The van der Waals surface area contributed by atoms with E-state index in [0.717, 1.165) is 62.0 Å². The fourth-order valence-corrected chi connectivity index (χ4v) is 10.6. The average molecular weight is 543 g/mol. The molecule has 214 valence electrons. The highest BCUT2D eigenvalue weighted by atomic mass is 16.7. The SMILES string of the molecule is C[C@@H]1CC[C@@]2(OC1)O[C@H]1C[C@H]3[C@@H]4CC=C5C[C@@H](OC(=O)C#Cc6ccccc6)CC[C@]5(C)[C@H]4CC[C@]3(C)[C@H]1[C@@H]2C. The Labute approximate surface area is 240 Å². The smallest absolute Gasteiger partial charge is 0.384 e. The van der Waals surface area contributed by atoms with Crippen molar-refractivity contribution in [3.63, 3.8) is 0 Å². The maximum absolute atomic E-state index is 12.5. The third-order valence-corrected chi connectivity index (χ3v) is 12.7. The van der Waals surface area contributed by atoms with Crippen molar-refractivity contribution in [3.05, 3.63) is 47.5 Å². The molecule has 1 aromatic carbocycles. The van der Waals surface area contributed by atoms with Crippen molar-refractivity contribution in [1.82, 2.24) is 0 Å². The van der Waals surface area contributed by atoms with Gasteiger partial charge in [-0.3, -0.25) is 0 Å². The van der Waals surface area contributed by atoms with E-state index in [2.05, 4.69) is 45.6 Å². The number of rotatable bonds is 1. The van der Waals surface area contributed by atoms with Crippen LogP contribution >= 0.6 is 0 Å². The summed E-state index contributed by atoms with van der Waals surface area (Å²) in [7, 11) is 0. The number of carbonyl (C=O) groups is 1. The van der Waals surface area contributed by atoms with Crippen LogP contribution in [0.4, 0.5) is 0 Å². The maximum atomic E-state index is 12.5. The Balaban J connectivity index is 1.04. The molecule has 4 aliphatic carbocycles. The number of benzene rings is 1. The van der Waals surface area contributed by atoms with Crippen LogP contribution in [0.3, 0.4) is 0 Å². The molecule has 0 N–H and O–H groups in total. The van der Waals surface area contributed by atoms with Crippen LogP contribution in [0.5, 0.6) is 0 Å². The fourth-order valence-electron chi connectivity index (χ4n) is 10.6. The summed E-state index contributed by atoms with van der Waals surface area (Å²) in [5, 5.41) is 0. The lowest BCUT2D eigenvalue weighted by molar-refractivity contribution is -0.272. The van der Waals surface area contributed by atoms with Gasteiger partial charge in [-0.05, 0) is 97.5 Å². The zero-order valence-corrected chi connectivity index (χ0v) is 24.8. The molecule has 11 atom stereocenters. The van der Waals surface area contributed by atoms with E-state index >= 15 is 0 Å². The molecule has 5 fully saturated rings. The van der Waals surface area contributed by atoms with Crippen LogP contribution in [0.25, 0.3) is 0 Å². The lowest BCUT2D eigenvalue weighted by Crippen LogP contribution is -2.52. The summed E-state index contributed by atoms with van der Waals surface area (Å²) in [6, 6.07) is 9.64. The van der Waals surface area contributed by atoms with Gasteiger partial charge >= 0.3 is 5.97 Å². The molecule has 2 aliphatic heterocycles. The molecule has 0 radical (unpaired) electrons. The Bertz CT molecular complexity index is 1230. The zero-order chi connectivity index (χ0) is 27.7. The Morgan fingerprint density at radius 2 is 1.85 bits per heavy atom. The number of esters is 1. The average Bonchev–Trinajstić information content (AvgIpc) is 3.40. The van der Waals surface area contributed by atoms with Gasteiger partial charge in [-0.2, -0.15) is 0 Å². The molecular formula is C36H46O4. The van der Waals surface area contributed by atoms with Gasteiger partial charge in [-0.1, -0.05) is 63.5 Å². The van der Waals surface area contributed by atoms with Crippen molar-refractivity contribution in [3.8, 4) is 11.8 Å². The van der Waals surface area contributed by atoms with Crippen molar-refractivity contribution >= 4 is 5.97 Å². The number of allylic oxidation sites excluding steroid dienone is 1. The molecule has 2 saturated heterocycles. The van der Waals surface area contributed by atoms with Gasteiger partial charge in [0, 0.05) is 30.2 Å². The standard InChI is InChI=1S/C36H46O4/c1-23-14-19-36(38-22-23)24(2)33-31(40-36)21-30-28-12-11-26-20-27(39-32(37)13-10-25-8-6-5-7-9-25)15-17-34(26,3)29(28)16-18-35(30,33)4/h5-9,11,23-24,27-31,33H,12,14-22H2,1-4H3/t23-,24+,27+,28-,29+,30+,31+,33+,34+,35+,36-/m1/s1. The van der Waals surface area contributed by atoms with Crippen molar-refractivity contribution in [2.24, 2.45) is 46.3 Å². The van der Waals surface area contributed by atoms with Crippen molar-refractivity contribution < 1.29 is 19.0 Å². The fraction of sp³-hybridized carbons (Fsp3) is 0.694. The third-order valence-electron chi connectivity index (χ3n) is 12.7. The molecule has 0 aromatic heterocycles. The van der Waals surface area contributed by atoms with Crippen LogP contribution < -0.4 is 0 Å². The van der Waals surface area contributed by atoms with Gasteiger partial charge in [0.25, 0.3) is 0 Å². The molecule has 40 heavy (non-hydrogen) atoms. The molecule has 2 heterocycles. The molecular weight excluding hydrogens is 496 g/mol. The van der Waals surface area contributed by atoms with E-state index in [1.54, 1.807) is 0 Å². The predicted octanol–water partition coefficient (Wildman–Crippen LogP) is 7.32. The van der Waals surface area contributed by atoms with Gasteiger partial charge in [0.1, 0.15) is 6.10 Å². The minimum Gasteiger partial charge on any atom is -0.452 e. The van der Waals surface area contributed by atoms with E-state index in [-0.39, 0.29) is 17.3 Å². The van der Waals surface area contributed by atoms with E-state index in [9.17, 15) is 4.79 Å². The van der Waals surface area contributed by atoms with E-state index in [4.69, 9.17) is 14.2 Å². The van der Waals surface area contributed by atoms with Gasteiger partial charge in [-0.15, -0.1) is 0 Å². The summed E-state index contributed by atoms with van der Waals surface area (Å²) < 4.78 is 19.3. The van der Waals surface area contributed by atoms with Gasteiger partial charge in [-0.25, -0.2) is 4.79 Å². The third kappa shape index (κ3) is 4.13. The molecule has 7 rings (SSSR count). The monoisotopic (exact) mass is 542 g/mol. The van der Waals surface area contributed by atoms with E-state index in [0.29, 0.717) is 29.3 Å². The minimum absolute atomic E-state index is 0.0585. The van der Waals surface area contributed by atoms with Crippen LogP contribution in [0.2, 0.25) is 0 Å². The molecule has 0 unspecified atom stereocenters.